The summed E-state index contributed by atoms with van der Waals surface area (Å²) in [5.41, 5.74) is 2.86. The molecule has 2 aliphatic heterocycles. The Labute approximate surface area is 205 Å². The van der Waals surface area contributed by atoms with Crippen LogP contribution in [0.4, 0.5) is 5.82 Å². The maximum atomic E-state index is 13.2. The average molecular weight is 467 g/mol. The maximum Gasteiger partial charge on any atom is 0.223 e. The van der Waals surface area contributed by atoms with Gasteiger partial charge >= 0.3 is 0 Å². The number of amides is 1. The Balaban J connectivity index is 1.09. The van der Waals surface area contributed by atoms with Crippen LogP contribution in [0.25, 0.3) is 10.9 Å². The van der Waals surface area contributed by atoms with Crippen LogP contribution in [0.3, 0.4) is 0 Å². The van der Waals surface area contributed by atoms with E-state index in [0.717, 1.165) is 43.7 Å². The normalized spacial score (nSPS) is 24.4. The van der Waals surface area contributed by atoms with E-state index < -0.39 is 0 Å². The van der Waals surface area contributed by atoms with Gasteiger partial charge in [0.15, 0.2) is 0 Å². The van der Waals surface area contributed by atoms with Crippen LogP contribution in [0, 0.1) is 17.2 Å². The van der Waals surface area contributed by atoms with Gasteiger partial charge in [0.05, 0.1) is 17.1 Å². The van der Waals surface area contributed by atoms with E-state index in [1.165, 1.54) is 10.9 Å². The third-order valence-electron chi connectivity index (χ3n) is 8.10. The second-order valence-corrected chi connectivity index (χ2v) is 10.3. The first-order chi connectivity index (χ1) is 17.1. The van der Waals surface area contributed by atoms with E-state index in [2.05, 4.69) is 62.3 Å². The number of aromatic nitrogens is 2. The average Bonchev–Trinajstić information content (AvgIpc) is 3.65. The molecule has 0 spiro atoms. The molecule has 3 aromatic rings. The van der Waals surface area contributed by atoms with Crippen LogP contribution in [0.5, 0.6) is 0 Å². The number of nitrogens with one attached hydrogen (secondary N) is 1. The minimum atomic E-state index is -0.0314. The van der Waals surface area contributed by atoms with Crippen molar-refractivity contribution in [3.05, 3.63) is 66.0 Å². The van der Waals surface area contributed by atoms with Gasteiger partial charge in [-0.25, -0.2) is 4.98 Å². The number of benzene rings is 1. The van der Waals surface area contributed by atoms with Crippen LogP contribution in [0.1, 0.15) is 43.7 Å². The van der Waals surface area contributed by atoms with E-state index in [9.17, 15) is 4.79 Å². The number of hydrogen-bond donors (Lipinski definition) is 1. The Bertz CT molecular complexity index is 1290. The van der Waals surface area contributed by atoms with Gasteiger partial charge in [-0.15, -0.1) is 0 Å². The van der Waals surface area contributed by atoms with Crippen molar-refractivity contribution >= 4 is 22.6 Å². The number of rotatable bonds is 6. The lowest BCUT2D eigenvalue weighted by Gasteiger charge is -2.42. The van der Waals surface area contributed by atoms with Crippen LogP contribution in [0.15, 0.2) is 54.9 Å². The number of likely N-dealkylation sites (tertiary alicyclic amines) is 1. The molecular weight excluding hydrogens is 436 g/mol. The zero-order valence-corrected chi connectivity index (χ0v) is 20.0. The lowest BCUT2D eigenvalue weighted by molar-refractivity contribution is -0.132. The maximum absolute atomic E-state index is 13.2. The molecule has 6 rings (SSSR count). The number of nitrogens with zero attached hydrogens (tertiary/aromatic N) is 5. The van der Waals surface area contributed by atoms with Gasteiger partial charge in [-0.1, -0.05) is 25.1 Å². The van der Waals surface area contributed by atoms with Gasteiger partial charge in [0.2, 0.25) is 5.91 Å². The fourth-order valence-corrected chi connectivity index (χ4v) is 6.15. The van der Waals surface area contributed by atoms with E-state index in [1.54, 1.807) is 6.20 Å². The highest BCUT2D eigenvalue weighted by Crippen LogP contribution is 2.47. The van der Waals surface area contributed by atoms with E-state index in [0.29, 0.717) is 24.4 Å². The summed E-state index contributed by atoms with van der Waals surface area (Å²) in [6.45, 7) is 4.42. The Morgan fingerprint density at radius 1 is 1.17 bits per heavy atom. The van der Waals surface area contributed by atoms with Crippen molar-refractivity contribution in [2.75, 3.05) is 24.5 Å². The van der Waals surface area contributed by atoms with Crippen molar-refractivity contribution in [2.24, 2.45) is 5.92 Å². The van der Waals surface area contributed by atoms with E-state index >= 15 is 0 Å². The second kappa shape index (κ2) is 8.62. The first-order valence-corrected chi connectivity index (χ1v) is 12.6. The highest BCUT2D eigenvalue weighted by molar-refractivity contribution is 5.83. The van der Waals surface area contributed by atoms with Gasteiger partial charge < -0.3 is 15.1 Å². The Hall–Kier alpha value is -3.50. The van der Waals surface area contributed by atoms with Crippen molar-refractivity contribution in [3.8, 4) is 6.07 Å². The molecule has 3 fully saturated rings. The summed E-state index contributed by atoms with van der Waals surface area (Å²) >= 11 is 0. The minimum absolute atomic E-state index is 0.0314. The van der Waals surface area contributed by atoms with E-state index in [4.69, 9.17) is 5.26 Å². The molecule has 2 aromatic heterocycles. The lowest BCUT2D eigenvalue weighted by atomic mass is 9.99. The summed E-state index contributed by atoms with van der Waals surface area (Å²) in [6, 6.07) is 16.9. The number of hydrogen-bond acceptors (Lipinski definition) is 6. The van der Waals surface area contributed by atoms with Crippen molar-refractivity contribution in [3.63, 3.8) is 0 Å². The Morgan fingerprint density at radius 3 is 2.80 bits per heavy atom. The second-order valence-electron chi connectivity index (χ2n) is 10.3. The molecule has 1 N–H and O–H groups in total. The van der Waals surface area contributed by atoms with E-state index in [-0.39, 0.29) is 23.5 Å². The number of carbonyl (C=O) groups is 1. The minimum Gasteiger partial charge on any atom is -0.347 e. The monoisotopic (exact) mass is 466 g/mol. The molecule has 1 amide bonds. The van der Waals surface area contributed by atoms with Gasteiger partial charge in [0.1, 0.15) is 11.9 Å². The zero-order chi connectivity index (χ0) is 24.0. The largest absolute Gasteiger partial charge is 0.347 e. The molecular formula is C28H30N6O. The quantitative estimate of drug-likeness (QED) is 0.598. The zero-order valence-electron chi connectivity index (χ0n) is 20.0. The first kappa shape index (κ1) is 22.0. The number of piperazine rings is 1. The predicted molar refractivity (Wildman–Crippen MR) is 135 cm³/mol. The lowest BCUT2D eigenvalue weighted by Crippen LogP contribution is -2.56. The summed E-state index contributed by atoms with van der Waals surface area (Å²) in [5.74, 6) is 1.64. The standard InChI is InChI=1S/C28H30N6O/c1-19-14-21-17-33(18-25(19)34(21)26-8-7-20(15-29)16-31-26)27(35)9-13-32-28(10-11-28)23-5-2-6-24-22(23)4-3-12-30-24/h2-8,12,16,19,21,25,32H,9-11,13-14,17-18H2,1H3/t19-,21?,25?/m1/s1. The molecule has 7 heteroatoms. The van der Waals surface area contributed by atoms with Crippen molar-refractivity contribution < 1.29 is 4.79 Å². The number of fused-ring (bicyclic) bond motifs is 3. The van der Waals surface area contributed by atoms with Crippen LogP contribution in [-0.4, -0.2) is 52.5 Å². The van der Waals surface area contributed by atoms with Crippen molar-refractivity contribution in [1.29, 1.82) is 5.26 Å². The number of pyridine rings is 2. The molecule has 4 heterocycles. The van der Waals surface area contributed by atoms with Crippen LogP contribution < -0.4 is 10.2 Å². The van der Waals surface area contributed by atoms with Gasteiger partial charge in [-0.2, -0.15) is 5.26 Å². The Kier molecular flexibility index (Phi) is 5.42. The van der Waals surface area contributed by atoms with Gasteiger partial charge in [-0.05, 0) is 55.0 Å². The fourth-order valence-electron chi connectivity index (χ4n) is 6.15. The van der Waals surface area contributed by atoms with Crippen LogP contribution in [0.2, 0.25) is 0 Å². The first-order valence-electron chi connectivity index (χ1n) is 12.6. The third kappa shape index (κ3) is 3.92. The molecule has 2 saturated heterocycles. The molecule has 1 aliphatic carbocycles. The highest BCUT2D eigenvalue weighted by atomic mass is 16.2. The van der Waals surface area contributed by atoms with E-state index in [1.807, 2.05) is 24.4 Å². The molecule has 7 nitrogen and oxygen atoms in total. The summed E-state index contributed by atoms with van der Waals surface area (Å²) in [6.07, 6.45) is 7.23. The van der Waals surface area contributed by atoms with Gasteiger partial charge in [0.25, 0.3) is 0 Å². The van der Waals surface area contributed by atoms with Crippen molar-refractivity contribution in [1.82, 2.24) is 20.2 Å². The molecule has 3 aliphatic rings. The molecule has 35 heavy (non-hydrogen) atoms. The highest BCUT2D eigenvalue weighted by Gasteiger charge is 2.47. The van der Waals surface area contributed by atoms with Crippen LogP contribution in [-0.2, 0) is 10.3 Å². The molecule has 1 saturated carbocycles. The molecule has 0 radical (unpaired) electrons. The Morgan fingerprint density at radius 2 is 2.06 bits per heavy atom. The SMILES string of the molecule is C[C@@H]1CC2CN(C(=O)CCNC3(c4cccc5ncccc45)CC3)CC1N2c1ccc(C#N)cn1. The number of anilines is 1. The van der Waals surface area contributed by atoms with Gasteiger partial charge in [-0.3, -0.25) is 9.78 Å². The molecule has 1 aromatic carbocycles. The molecule has 3 atom stereocenters. The summed E-state index contributed by atoms with van der Waals surface area (Å²) < 4.78 is 0. The predicted octanol–water partition coefficient (Wildman–Crippen LogP) is 3.60. The van der Waals surface area contributed by atoms with Crippen LogP contribution >= 0.6 is 0 Å². The summed E-state index contributed by atoms with van der Waals surface area (Å²) in [5, 5.41) is 14.0. The number of carbonyl (C=O) groups excluding carboxylic acids is 1. The van der Waals surface area contributed by atoms with Gasteiger partial charge in [0, 0.05) is 55.4 Å². The number of nitriles is 1. The summed E-state index contributed by atoms with van der Waals surface area (Å²) in [7, 11) is 0. The third-order valence-corrected chi connectivity index (χ3v) is 8.10. The fraction of sp³-hybridized carbons (Fsp3) is 0.429. The molecule has 2 unspecified atom stereocenters. The molecule has 2 bridgehead atoms. The topological polar surface area (TPSA) is 85.2 Å². The van der Waals surface area contributed by atoms with Crippen molar-refractivity contribution in [2.45, 2.75) is 50.2 Å². The smallest absolute Gasteiger partial charge is 0.223 e. The molecule has 178 valence electrons. The summed E-state index contributed by atoms with van der Waals surface area (Å²) in [4.78, 5) is 26.7.